The molecule has 7 heteroatoms. The van der Waals surface area contributed by atoms with Crippen LogP contribution in [0.15, 0.2) is 0 Å². The first-order valence-corrected chi connectivity index (χ1v) is 5.95. The first-order valence-electron chi connectivity index (χ1n) is 5.95. The van der Waals surface area contributed by atoms with Crippen molar-refractivity contribution in [3.63, 3.8) is 0 Å². The summed E-state index contributed by atoms with van der Waals surface area (Å²) in [5.41, 5.74) is 4.84. The summed E-state index contributed by atoms with van der Waals surface area (Å²) in [6.45, 7) is 1.17. The van der Waals surface area contributed by atoms with E-state index in [2.05, 4.69) is 0 Å². The van der Waals surface area contributed by atoms with Crippen LogP contribution >= 0.6 is 0 Å². The zero-order chi connectivity index (χ0) is 13.5. The summed E-state index contributed by atoms with van der Waals surface area (Å²) in [5.74, 6) is -0.707. The minimum Gasteiger partial charge on any atom is -0.468 e. The van der Waals surface area contributed by atoms with Gasteiger partial charge < -0.3 is 10.5 Å². The molecular weight excluding hydrogens is 238 g/mol. The van der Waals surface area contributed by atoms with Crippen molar-refractivity contribution in [1.82, 2.24) is 10.2 Å². The summed E-state index contributed by atoms with van der Waals surface area (Å²) in [6, 6.07) is -1.15. The second kappa shape index (κ2) is 6.95. The highest BCUT2D eigenvalue weighted by atomic mass is 16.5. The number of hydrogen-bond donors (Lipinski definition) is 2. The van der Waals surface area contributed by atoms with Gasteiger partial charge in [-0.1, -0.05) is 6.42 Å². The van der Waals surface area contributed by atoms with E-state index in [9.17, 15) is 14.4 Å². The monoisotopic (exact) mass is 257 g/mol. The zero-order valence-electron chi connectivity index (χ0n) is 10.5. The maximum absolute atomic E-state index is 11.6. The average Bonchev–Trinajstić information content (AvgIpc) is 2.35. The number of methoxy groups -OCH3 is 1. The minimum atomic E-state index is -0.858. The number of amides is 3. The van der Waals surface area contributed by atoms with Crippen LogP contribution in [0.1, 0.15) is 25.7 Å². The first-order chi connectivity index (χ1) is 8.54. The van der Waals surface area contributed by atoms with E-state index in [0.29, 0.717) is 6.54 Å². The van der Waals surface area contributed by atoms with E-state index in [-0.39, 0.29) is 18.4 Å². The highest BCUT2D eigenvalue weighted by Crippen LogP contribution is 2.18. The van der Waals surface area contributed by atoms with Gasteiger partial charge in [-0.2, -0.15) is 0 Å². The van der Waals surface area contributed by atoms with Crippen LogP contribution in [-0.4, -0.2) is 49.0 Å². The van der Waals surface area contributed by atoms with Gasteiger partial charge >= 0.3 is 12.0 Å². The number of primary amides is 1. The SMILES string of the molecule is COC(=O)[C@H]1CCCCN1CCC(=O)NC(N)=O. The smallest absolute Gasteiger partial charge is 0.323 e. The van der Waals surface area contributed by atoms with Crippen LogP contribution in [-0.2, 0) is 14.3 Å². The van der Waals surface area contributed by atoms with E-state index in [0.717, 1.165) is 25.8 Å². The van der Waals surface area contributed by atoms with Crippen molar-refractivity contribution in [3.8, 4) is 0 Å². The topological polar surface area (TPSA) is 102 Å². The predicted molar refractivity (Wildman–Crippen MR) is 63.6 cm³/mol. The van der Waals surface area contributed by atoms with E-state index in [1.807, 2.05) is 10.2 Å². The normalized spacial score (nSPS) is 20.2. The number of nitrogens with one attached hydrogen (secondary N) is 1. The number of likely N-dealkylation sites (tertiary alicyclic amines) is 1. The highest BCUT2D eigenvalue weighted by Gasteiger charge is 2.29. The van der Waals surface area contributed by atoms with Gasteiger partial charge in [-0.3, -0.25) is 19.8 Å². The summed E-state index contributed by atoms with van der Waals surface area (Å²) < 4.78 is 4.74. The fourth-order valence-corrected chi connectivity index (χ4v) is 2.11. The molecule has 3 N–H and O–H groups in total. The summed E-state index contributed by atoms with van der Waals surface area (Å²) in [6.07, 6.45) is 2.84. The zero-order valence-corrected chi connectivity index (χ0v) is 10.5. The first kappa shape index (κ1) is 14.4. The Morgan fingerprint density at radius 1 is 1.39 bits per heavy atom. The molecule has 0 aromatic heterocycles. The number of rotatable bonds is 4. The van der Waals surface area contributed by atoms with Crippen molar-refractivity contribution < 1.29 is 19.1 Å². The molecule has 3 amide bonds. The van der Waals surface area contributed by atoms with Crippen LogP contribution in [0.25, 0.3) is 0 Å². The number of imide groups is 1. The van der Waals surface area contributed by atoms with Crippen molar-refractivity contribution in [2.24, 2.45) is 5.73 Å². The van der Waals surface area contributed by atoms with E-state index in [1.54, 1.807) is 0 Å². The van der Waals surface area contributed by atoms with E-state index < -0.39 is 11.9 Å². The van der Waals surface area contributed by atoms with Crippen molar-refractivity contribution in [3.05, 3.63) is 0 Å². The van der Waals surface area contributed by atoms with E-state index >= 15 is 0 Å². The molecule has 0 bridgehead atoms. The summed E-state index contributed by atoms with van der Waals surface area (Å²) >= 11 is 0. The highest BCUT2D eigenvalue weighted by molar-refractivity contribution is 5.93. The van der Waals surface area contributed by atoms with Gasteiger partial charge in [0, 0.05) is 13.0 Å². The molecule has 18 heavy (non-hydrogen) atoms. The maximum atomic E-state index is 11.6. The molecule has 1 saturated heterocycles. The lowest BCUT2D eigenvalue weighted by molar-refractivity contribution is -0.148. The Morgan fingerprint density at radius 3 is 2.72 bits per heavy atom. The Morgan fingerprint density at radius 2 is 2.11 bits per heavy atom. The lowest BCUT2D eigenvalue weighted by Crippen LogP contribution is -2.47. The molecule has 1 aliphatic heterocycles. The quantitative estimate of drug-likeness (QED) is 0.667. The van der Waals surface area contributed by atoms with E-state index in [4.69, 9.17) is 10.5 Å². The minimum absolute atomic E-state index is 0.135. The number of urea groups is 1. The van der Waals surface area contributed by atoms with Crippen molar-refractivity contribution in [2.75, 3.05) is 20.2 Å². The Balaban J connectivity index is 2.45. The van der Waals surface area contributed by atoms with Gasteiger partial charge in [0.05, 0.1) is 7.11 Å². The Labute approximate surface area is 106 Å². The predicted octanol–water partition coefficient (Wildman–Crippen LogP) is -0.401. The third-order valence-corrected chi connectivity index (χ3v) is 2.98. The average molecular weight is 257 g/mol. The number of hydrogen-bond acceptors (Lipinski definition) is 5. The van der Waals surface area contributed by atoms with Crippen LogP contribution in [0.2, 0.25) is 0 Å². The van der Waals surface area contributed by atoms with Gasteiger partial charge in [-0.25, -0.2) is 4.79 Å². The summed E-state index contributed by atoms with van der Waals surface area (Å²) in [4.78, 5) is 35.2. The number of carbonyl (C=O) groups excluding carboxylic acids is 3. The molecule has 1 atom stereocenters. The molecule has 1 heterocycles. The van der Waals surface area contributed by atoms with E-state index in [1.165, 1.54) is 7.11 Å². The van der Waals surface area contributed by atoms with Crippen LogP contribution in [0.3, 0.4) is 0 Å². The number of ether oxygens (including phenoxy) is 1. The van der Waals surface area contributed by atoms with Crippen LogP contribution < -0.4 is 11.1 Å². The molecule has 0 saturated carbocycles. The molecule has 0 aliphatic carbocycles. The third-order valence-electron chi connectivity index (χ3n) is 2.98. The van der Waals surface area contributed by atoms with Crippen LogP contribution in [0.5, 0.6) is 0 Å². The lowest BCUT2D eigenvalue weighted by Gasteiger charge is -2.33. The Hall–Kier alpha value is -1.63. The fourth-order valence-electron chi connectivity index (χ4n) is 2.11. The van der Waals surface area contributed by atoms with Gasteiger partial charge in [-0.15, -0.1) is 0 Å². The van der Waals surface area contributed by atoms with Crippen molar-refractivity contribution >= 4 is 17.9 Å². The van der Waals surface area contributed by atoms with Gasteiger partial charge in [0.1, 0.15) is 6.04 Å². The van der Waals surface area contributed by atoms with Crippen molar-refractivity contribution in [2.45, 2.75) is 31.7 Å². The molecular formula is C11H19N3O4. The number of esters is 1. The Bertz CT molecular complexity index is 332. The molecule has 7 nitrogen and oxygen atoms in total. The molecule has 1 aliphatic rings. The molecule has 0 unspecified atom stereocenters. The molecule has 0 radical (unpaired) electrons. The maximum Gasteiger partial charge on any atom is 0.323 e. The van der Waals surface area contributed by atoms with Crippen LogP contribution in [0.4, 0.5) is 4.79 Å². The third kappa shape index (κ3) is 4.33. The largest absolute Gasteiger partial charge is 0.468 e. The molecule has 1 rings (SSSR count). The summed E-state index contributed by atoms with van der Waals surface area (Å²) in [7, 11) is 1.36. The number of nitrogens with two attached hydrogens (primary N) is 1. The van der Waals surface area contributed by atoms with Gasteiger partial charge in [-0.05, 0) is 19.4 Å². The van der Waals surface area contributed by atoms with Gasteiger partial charge in [0.2, 0.25) is 5.91 Å². The fraction of sp³-hybridized carbons (Fsp3) is 0.727. The number of nitrogens with zero attached hydrogens (tertiary/aromatic N) is 1. The lowest BCUT2D eigenvalue weighted by atomic mass is 10.0. The molecule has 0 aromatic rings. The van der Waals surface area contributed by atoms with Gasteiger partial charge in [0.25, 0.3) is 0 Å². The summed E-state index contributed by atoms with van der Waals surface area (Å²) in [5, 5.41) is 2.00. The Kier molecular flexibility index (Phi) is 5.57. The number of carbonyl (C=O) groups is 3. The second-order valence-corrected chi connectivity index (χ2v) is 4.23. The molecule has 0 spiro atoms. The molecule has 1 fully saturated rings. The standard InChI is InChI=1S/C11H19N3O4/c1-18-10(16)8-4-2-3-6-14(8)7-5-9(15)13-11(12)17/h8H,2-7H2,1H3,(H3,12,13,15,17)/t8-/m1/s1. The second-order valence-electron chi connectivity index (χ2n) is 4.23. The van der Waals surface area contributed by atoms with Crippen molar-refractivity contribution in [1.29, 1.82) is 0 Å². The van der Waals surface area contributed by atoms with Crippen LogP contribution in [0, 0.1) is 0 Å². The number of piperidine rings is 1. The van der Waals surface area contributed by atoms with Gasteiger partial charge in [0.15, 0.2) is 0 Å². The molecule has 102 valence electrons. The molecule has 0 aromatic carbocycles.